The number of hydrogen-bond donors (Lipinski definition) is 1. The molecule has 1 aliphatic rings. The Morgan fingerprint density at radius 1 is 1.25 bits per heavy atom. The molecule has 0 unspecified atom stereocenters. The molecule has 0 radical (unpaired) electrons. The Labute approximate surface area is 123 Å². The highest BCUT2D eigenvalue weighted by molar-refractivity contribution is 5.09. The second kappa shape index (κ2) is 7.19. The molecule has 1 aliphatic carbocycles. The van der Waals surface area contributed by atoms with Crippen molar-refractivity contribution in [2.75, 3.05) is 19.6 Å². The third-order valence-electron chi connectivity index (χ3n) is 4.69. The van der Waals surface area contributed by atoms with Gasteiger partial charge in [0.15, 0.2) is 0 Å². The maximum absolute atomic E-state index is 6.12. The van der Waals surface area contributed by atoms with Crippen LogP contribution in [0.5, 0.6) is 0 Å². The molecule has 2 rings (SSSR count). The minimum absolute atomic E-state index is 0.345. The summed E-state index contributed by atoms with van der Waals surface area (Å²) >= 11 is 0. The van der Waals surface area contributed by atoms with Crippen molar-refractivity contribution in [3.05, 3.63) is 29.6 Å². The normalized spacial score (nSPS) is 18.4. The molecule has 3 heteroatoms. The summed E-state index contributed by atoms with van der Waals surface area (Å²) in [5.41, 5.74) is 8.74. The molecule has 20 heavy (non-hydrogen) atoms. The van der Waals surface area contributed by atoms with Crippen molar-refractivity contribution in [1.82, 2.24) is 9.88 Å². The van der Waals surface area contributed by atoms with Gasteiger partial charge in [-0.15, -0.1) is 0 Å². The molecule has 112 valence electrons. The van der Waals surface area contributed by atoms with Crippen LogP contribution in [0.25, 0.3) is 0 Å². The Bertz CT molecular complexity index is 410. The molecule has 1 saturated carbocycles. The second-order valence-corrected chi connectivity index (χ2v) is 6.34. The van der Waals surface area contributed by atoms with Gasteiger partial charge in [0.05, 0.1) is 5.69 Å². The number of rotatable bonds is 6. The van der Waals surface area contributed by atoms with E-state index in [1.807, 2.05) is 0 Å². The van der Waals surface area contributed by atoms with Crippen LogP contribution in [0.4, 0.5) is 0 Å². The van der Waals surface area contributed by atoms with Gasteiger partial charge in [-0.1, -0.05) is 32.3 Å². The van der Waals surface area contributed by atoms with E-state index >= 15 is 0 Å². The molecule has 0 spiro atoms. The minimum Gasteiger partial charge on any atom is -0.330 e. The van der Waals surface area contributed by atoms with Gasteiger partial charge in [0, 0.05) is 18.8 Å². The summed E-state index contributed by atoms with van der Waals surface area (Å²) in [6.07, 6.45) is 6.66. The zero-order valence-electron chi connectivity index (χ0n) is 13.1. The van der Waals surface area contributed by atoms with Gasteiger partial charge >= 0.3 is 0 Å². The second-order valence-electron chi connectivity index (χ2n) is 6.34. The van der Waals surface area contributed by atoms with Crippen LogP contribution in [0.2, 0.25) is 0 Å². The fraction of sp³-hybridized carbons (Fsp3) is 0.706. The van der Waals surface area contributed by atoms with E-state index in [1.54, 1.807) is 0 Å². The number of aryl methyl sites for hydroxylation is 1. The molecule has 1 heterocycles. The van der Waals surface area contributed by atoms with Crippen molar-refractivity contribution in [3.8, 4) is 0 Å². The highest BCUT2D eigenvalue weighted by atomic mass is 15.1. The zero-order chi connectivity index (χ0) is 14.4. The average Bonchev–Trinajstić information content (AvgIpc) is 2.47. The van der Waals surface area contributed by atoms with Crippen LogP contribution in [0.15, 0.2) is 18.2 Å². The van der Waals surface area contributed by atoms with Gasteiger partial charge in [-0.05, 0) is 50.4 Å². The Hall–Kier alpha value is -0.930. The Kier molecular flexibility index (Phi) is 5.55. The maximum atomic E-state index is 6.12. The van der Waals surface area contributed by atoms with Crippen LogP contribution in [0.3, 0.4) is 0 Å². The fourth-order valence-electron chi connectivity index (χ4n) is 3.40. The molecule has 0 atom stereocenters. The number of nitrogens with two attached hydrogens (primary N) is 1. The molecule has 0 bridgehead atoms. The van der Waals surface area contributed by atoms with Crippen LogP contribution in [0, 0.1) is 12.3 Å². The lowest BCUT2D eigenvalue weighted by molar-refractivity contribution is 0.109. The van der Waals surface area contributed by atoms with Gasteiger partial charge in [-0.25, -0.2) is 0 Å². The number of hydrogen-bond acceptors (Lipinski definition) is 3. The van der Waals surface area contributed by atoms with Gasteiger partial charge in [-0.2, -0.15) is 0 Å². The lowest BCUT2D eigenvalue weighted by Crippen LogP contribution is -2.43. The van der Waals surface area contributed by atoms with E-state index in [1.165, 1.54) is 37.8 Å². The van der Waals surface area contributed by atoms with Gasteiger partial charge in [0.25, 0.3) is 0 Å². The molecule has 3 nitrogen and oxygen atoms in total. The van der Waals surface area contributed by atoms with E-state index in [2.05, 4.69) is 41.9 Å². The Morgan fingerprint density at radius 3 is 2.60 bits per heavy atom. The van der Waals surface area contributed by atoms with E-state index in [0.29, 0.717) is 5.41 Å². The summed E-state index contributed by atoms with van der Waals surface area (Å²) in [7, 11) is 0. The van der Waals surface area contributed by atoms with E-state index in [0.717, 1.165) is 31.9 Å². The predicted molar refractivity (Wildman–Crippen MR) is 84.5 cm³/mol. The topological polar surface area (TPSA) is 42.2 Å². The summed E-state index contributed by atoms with van der Waals surface area (Å²) in [6.45, 7) is 8.25. The molecule has 2 N–H and O–H groups in total. The van der Waals surface area contributed by atoms with E-state index in [9.17, 15) is 0 Å². The third kappa shape index (κ3) is 4.03. The summed E-state index contributed by atoms with van der Waals surface area (Å²) in [5, 5.41) is 0. The fourth-order valence-corrected chi connectivity index (χ4v) is 3.40. The first-order valence-electron chi connectivity index (χ1n) is 8.02. The molecular weight excluding hydrogens is 246 g/mol. The van der Waals surface area contributed by atoms with Gasteiger partial charge < -0.3 is 5.73 Å². The van der Waals surface area contributed by atoms with Crippen LogP contribution in [-0.2, 0) is 6.54 Å². The smallest absolute Gasteiger partial charge is 0.0547 e. The van der Waals surface area contributed by atoms with Crippen molar-refractivity contribution in [3.63, 3.8) is 0 Å². The monoisotopic (exact) mass is 275 g/mol. The van der Waals surface area contributed by atoms with Gasteiger partial charge in [0.2, 0.25) is 0 Å². The lowest BCUT2D eigenvalue weighted by Gasteiger charge is -2.40. The number of nitrogens with zero attached hydrogens (tertiary/aromatic N) is 2. The molecular formula is C17H29N3. The number of aromatic nitrogens is 1. The van der Waals surface area contributed by atoms with Gasteiger partial charge in [-0.3, -0.25) is 9.88 Å². The first-order valence-corrected chi connectivity index (χ1v) is 8.02. The van der Waals surface area contributed by atoms with Crippen molar-refractivity contribution in [2.45, 2.75) is 52.5 Å². The van der Waals surface area contributed by atoms with Crippen molar-refractivity contribution in [2.24, 2.45) is 11.1 Å². The molecule has 1 fully saturated rings. The Morgan fingerprint density at radius 2 is 2.00 bits per heavy atom. The largest absolute Gasteiger partial charge is 0.330 e. The van der Waals surface area contributed by atoms with Crippen molar-refractivity contribution >= 4 is 0 Å². The minimum atomic E-state index is 0.345. The molecule has 1 aromatic heterocycles. The average molecular weight is 275 g/mol. The summed E-state index contributed by atoms with van der Waals surface area (Å²) in [6, 6.07) is 6.29. The van der Waals surface area contributed by atoms with Crippen molar-refractivity contribution < 1.29 is 0 Å². The molecule has 0 amide bonds. The standard InChI is InChI=1S/C17H29N3/c1-3-20(12-16-9-7-8-15(2)19-16)14-17(13-18)10-5-4-6-11-17/h7-9H,3-6,10-14,18H2,1-2H3. The lowest BCUT2D eigenvalue weighted by atomic mass is 9.73. The third-order valence-corrected chi connectivity index (χ3v) is 4.69. The van der Waals surface area contributed by atoms with Crippen LogP contribution in [0.1, 0.15) is 50.4 Å². The summed E-state index contributed by atoms with van der Waals surface area (Å²) in [5.74, 6) is 0. The van der Waals surface area contributed by atoms with Gasteiger partial charge in [0.1, 0.15) is 0 Å². The quantitative estimate of drug-likeness (QED) is 0.867. The molecule has 0 aliphatic heterocycles. The number of pyridine rings is 1. The predicted octanol–water partition coefficient (Wildman–Crippen LogP) is 3.12. The molecule has 0 saturated heterocycles. The van der Waals surface area contributed by atoms with Crippen LogP contribution >= 0.6 is 0 Å². The van der Waals surface area contributed by atoms with Crippen LogP contribution in [-0.4, -0.2) is 29.5 Å². The summed E-state index contributed by atoms with van der Waals surface area (Å²) < 4.78 is 0. The highest BCUT2D eigenvalue weighted by Crippen LogP contribution is 2.36. The highest BCUT2D eigenvalue weighted by Gasteiger charge is 2.32. The Balaban J connectivity index is 2.00. The summed E-state index contributed by atoms with van der Waals surface area (Å²) in [4.78, 5) is 7.14. The molecule has 0 aromatic carbocycles. The first kappa shape index (κ1) is 15.5. The van der Waals surface area contributed by atoms with E-state index in [4.69, 9.17) is 5.73 Å². The van der Waals surface area contributed by atoms with E-state index in [-0.39, 0.29) is 0 Å². The van der Waals surface area contributed by atoms with Crippen molar-refractivity contribution in [1.29, 1.82) is 0 Å². The van der Waals surface area contributed by atoms with E-state index < -0.39 is 0 Å². The SMILES string of the molecule is CCN(Cc1cccc(C)n1)CC1(CN)CCCCC1. The maximum Gasteiger partial charge on any atom is 0.0547 e. The zero-order valence-corrected chi connectivity index (χ0v) is 13.1. The molecule has 1 aromatic rings. The first-order chi connectivity index (χ1) is 9.67. The van der Waals surface area contributed by atoms with Crippen LogP contribution < -0.4 is 5.73 Å².